The zero-order chi connectivity index (χ0) is 15.5. The Labute approximate surface area is 139 Å². The van der Waals surface area contributed by atoms with Crippen molar-refractivity contribution < 1.29 is 0 Å². The fraction of sp³-hybridized carbons (Fsp3) is 0. The highest BCUT2D eigenvalue weighted by Gasteiger charge is 2.15. The number of allylic oxidation sites excluding steroid dienone is 1. The van der Waals surface area contributed by atoms with Gasteiger partial charge in [-0.1, -0.05) is 72.4 Å². The largest absolute Gasteiger partial charge is 0.247 e. The van der Waals surface area contributed by atoms with Crippen molar-refractivity contribution in [1.29, 1.82) is 0 Å². The van der Waals surface area contributed by atoms with Crippen LogP contribution < -0.4 is 0 Å². The molecule has 0 saturated carbocycles. The minimum absolute atomic E-state index is 0.915. The maximum atomic E-state index is 4.84. The topological polar surface area (TPSA) is 25.2 Å². The molecule has 0 bridgehead atoms. The van der Waals surface area contributed by atoms with E-state index in [1.54, 1.807) is 11.8 Å². The Balaban J connectivity index is 1.89. The fourth-order valence-corrected chi connectivity index (χ4v) is 3.43. The standard InChI is InChI=1S/C20H14N2S/c1-3-8-15(9-4-1)18-14-19(16-10-5-2-6-11-16)23-20-17(22-18)12-7-13-21-20/h1-14H. The smallest absolute Gasteiger partial charge is 0.126 e. The highest BCUT2D eigenvalue weighted by Crippen LogP contribution is 2.40. The van der Waals surface area contributed by atoms with Crippen molar-refractivity contribution >= 4 is 28.1 Å². The normalized spacial score (nSPS) is 13.6. The number of hydrogen-bond acceptors (Lipinski definition) is 3. The number of aromatic nitrogens is 1. The minimum atomic E-state index is 0.915. The lowest BCUT2D eigenvalue weighted by Crippen LogP contribution is -1.96. The summed E-state index contributed by atoms with van der Waals surface area (Å²) in [5.41, 5.74) is 4.17. The monoisotopic (exact) mass is 314 g/mol. The number of aliphatic imine (C=N–C) groups is 1. The molecule has 0 radical (unpaired) electrons. The van der Waals surface area contributed by atoms with Crippen LogP contribution in [-0.2, 0) is 0 Å². The summed E-state index contributed by atoms with van der Waals surface area (Å²) in [7, 11) is 0. The number of nitrogens with zero attached hydrogens (tertiary/aromatic N) is 2. The Morgan fingerprint density at radius 2 is 1.39 bits per heavy atom. The maximum absolute atomic E-state index is 4.84. The zero-order valence-electron chi connectivity index (χ0n) is 12.4. The number of hydrogen-bond donors (Lipinski definition) is 0. The third-order valence-electron chi connectivity index (χ3n) is 3.59. The van der Waals surface area contributed by atoms with E-state index in [2.05, 4.69) is 47.5 Å². The molecule has 0 atom stereocenters. The van der Waals surface area contributed by atoms with Gasteiger partial charge in [0.15, 0.2) is 0 Å². The van der Waals surface area contributed by atoms with E-state index < -0.39 is 0 Å². The third-order valence-corrected chi connectivity index (χ3v) is 4.68. The average Bonchev–Trinajstić information content (AvgIpc) is 2.83. The predicted molar refractivity (Wildman–Crippen MR) is 97.2 cm³/mol. The Morgan fingerprint density at radius 1 is 0.696 bits per heavy atom. The van der Waals surface area contributed by atoms with E-state index >= 15 is 0 Å². The first kappa shape index (κ1) is 14.0. The molecule has 2 aromatic carbocycles. The number of thioether (sulfide) groups is 1. The Kier molecular flexibility index (Phi) is 3.78. The lowest BCUT2D eigenvalue weighted by atomic mass is 10.1. The molecule has 23 heavy (non-hydrogen) atoms. The van der Waals surface area contributed by atoms with Gasteiger partial charge in [-0.25, -0.2) is 9.98 Å². The Bertz CT molecular complexity index is 884. The van der Waals surface area contributed by atoms with Gasteiger partial charge in [-0.05, 0) is 23.8 Å². The SMILES string of the molecule is C1=C(c2ccccc2)Sc2ncccc2N=C1c1ccccc1. The van der Waals surface area contributed by atoms with Gasteiger partial charge in [0, 0.05) is 16.7 Å². The summed E-state index contributed by atoms with van der Waals surface area (Å²) < 4.78 is 0. The first-order chi connectivity index (χ1) is 11.4. The fourth-order valence-electron chi connectivity index (χ4n) is 2.47. The van der Waals surface area contributed by atoms with Gasteiger partial charge < -0.3 is 0 Å². The first-order valence-electron chi connectivity index (χ1n) is 7.44. The van der Waals surface area contributed by atoms with Crippen LogP contribution in [0.1, 0.15) is 11.1 Å². The minimum Gasteiger partial charge on any atom is -0.247 e. The second kappa shape index (κ2) is 6.23. The van der Waals surface area contributed by atoms with Crippen molar-refractivity contribution in [3.63, 3.8) is 0 Å². The first-order valence-corrected chi connectivity index (χ1v) is 8.26. The van der Waals surface area contributed by atoms with Crippen molar-refractivity contribution in [2.24, 2.45) is 4.99 Å². The number of rotatable bonds is 2. The second-order valence-electron chi connectivity index (χ2n) is 5.17. The van der Waals surface area contributed by atoms with Gasteiger partial charge in [0.05, 0.1) is 11.4 Å². The molecular weight excluding hydrogens is 300 g/mol. The van der Waals surface area contributed by atoms with Crippen LogP contribution >= 0.6 is 11.8 Å². The van der Waals surface area contributed by atoms with E-state index in [-0.39, 0.29) is 0 Å². The summed E-state index contributed by atoms with van der Waals surface area (Å²) in [5, 5.41) is 0.938. The highest BCUT2D eigenvalue weighted by molar-refractivity contribution is 8.08. The molecule has 1 aromatic heterocycles. The predicted octanol–water partition coefficient (Wildman–Crippen LogP) is 5.35. The number of pyridine rings is 1. The maximum Gasteiger partial charge on any atom is 0.126 e. The van der Waals surface area contributed by atoms with Crippen LogP contribution in [0.5, 0.6) is 0 Å². The molecule has 0 saturated heterocycles. The summed E-state index contributed by atoms with van der Waals surface area (Å²) in [6.45, 7) is 0. The van der Waals surface area contributed by atoms with Crippen LogP contribution in [0.3, 0.4) is 0 Å². The van der Waals surface area contributed by atoms with Crippen LogP contribution in [-0.4, -0.2) is 10.7 Å². The molecule has 1 aliphatic heterocycles. The number of benzene rings is 2. The molecule has 4 rings (SSSR count). The van der Waals surface area contributed by atoms with Gasteiger partial charge in [-0.15, -0.1) is 0 Å². The van der Waals surface area contributed by atoms with Crippen LogP contribution in [0.15, 0.2) is 95.1 Å². The van der Waals surface area contributed by atoms with E-state index in [4.69, 9.17) is 4.99 Å². The Morgan fingerprint density at radius 3 is 2.13 bits per heavy atom. The van der Waals surface area contributed by atoms with Crippen molar-refractivity contribution in [3.8, 4) is 0 Å². The van der Waals surface area contributed by atoms with Gasteiger partial charge >= 0.3 is 0 Å². The van der Waals surface area contributed by atoms with Crippen molar-refractivity contribution in [2.45, 2.75) is 5.03 Å². The van der Waals surface area contributed by atoms with Crippen LogP contribution in [0, 0.1) is 0 Å². The summed E-state index contributed by atoms with van der Waals surface area (Å²) in [4.78, 5) is 10.5. The average molecular weight is 314 g/mol. The summed E-state index contributed by atoms with van der Waals surface area (Å²) in [5.74, 6) is 0. The quantitative estimate of drug-likeness (QED) is 0.637. The second-order valence-corrected chi connectivity index (χ2v) is 6.20. The molecule has 0 spiro atoms. The molecule has 0 unspecified atom stereocenters. The van der Waals surface area contributed by atoms with Gasteiger partial charge in [0.1, 0.15) is 5.03 Å². The van der Waals surface area contributed by atoms with Crippen molar-refractivity contribution in [1.82, 2.24) is 4.98 Å². The van der Waals surface area contributed by atoms with Gasteiger partial charge in [-0.3, -0.25) is 0 Å². The molecule has 3 heteroatoms. The molecule has 0 N–H and O–H groups in total. The van der Waals surface area contributed by atoms with Gasteiger partial charge in [-0.2, -0.15) is 0 Å². The zero-order valence-corrected chi connectivity index (χ0v) is 13.2. The summed E-state index contributed by atoms with van der Waals surface area (Å²) in [6.07, 6.45) is 3.97. The lowest BCUT2D eigenvalue weighted by Gasteiger charge is -2.06. The van der Waals surface area contributed by atoms with E-state index in [0.717, 1.165) is 26.9 Å². The molecule has 0 aliphatic carbocycles. The third kappa shape index (κ3) is 2.96. The Hall–Kier alpha value is -2.65. The summed E-state index contributed by atoms with van der Waals surface area (Å²) >= 11 is 1.66. The molecule has 0 fully saturated rings. The van der Waals surface area contributed by atoms with Crippen molar-refractivity contribution in [2.75, 3.05) is 0 Å². The lowest BCUT2D eigenvalue weighted by molar-refractivity contribution is 1.13. The molecule has 2 nitrogen and oxygen atoms in total. The van der Waals surface area contributed by atoms with E-state index in [1.165, 1.54) is 5.56 Å². The van der Waals surface area contributed by atoms with Gasteiger partial charge in [0.25, 0.3) is 0 Å². The molecular formula is C20H14N2S. The molecule has 110 valence electrons. The molecule has 3 aromatic rings. The highest BCUT2D eigenvalue weighted by atomic mass is 32.2. The van der Waals surface area contributed by atoms with E-state index in [9.17, 15) is 0 Å². The van der Waals surface area contributed by atoms with Gasteiger partial charge in [0.2, 0.25) is 0 Å². The van der Waals surface area contributed by atoms with Crippen LogP contribution in [0.4, 0.5) is 5.69 Å². The molecule has 0 amide bonds. The molecule has 2 heterocycles. The van der Waals surface area contributed by atoms with Crippen molar-refractivity contribution in [3.05, 3.63) is 96.2 Å². The molecule has 1 aliphatic rings. The van der Waals surface area contributed by atoms with E-state index in [1.807, 2.05) is 42.6 Å². The summed E-state index contributed by atoms with van der Waals surface area (Å²) in [6, 6.07) is 24.6. The van der Waals surface area contributed by atoms with Crippen LogP contribution in [0.2, 0.25) is 0 Å². The van der Waals surface area contributed by atoms with E-state index in [0.29, 0.717) is 0 Å². The van der Waals surface area contributed by atoms with Crippen LogP contribution in [0.25, 0.3) is 4.91 Å². The number of fused-ring (bicyclic) bond motifs is 1.